The van der Waals surface area contributed by atoms with Crippen molar-refractivity contribution < 1.29 is 17.9 Å². The third kappa shape index (κ3) is 2.25. The van der Waals surface area contributed by atoms with Gasteiger partial charge in [-0.15, -0.1) is 0 Å². The highest BCUT2D eigenvalue weighted by molar-refractivity contribution is 5.58. The van der Waals surface area contributed by atoms with Gasteiger partial charge in [-0.05, 0) is 24.3 Å². The number of alkyl halides is 3. The minimum atomic E-state index is -4.34. The molecule has 0 saturated carbocycles. The van der Waals surface area contributed by atoms with E-state index in [0.717, 1.165) is 12.1 Å². The number of rotatable bonds is 1. The summed E-state index contributed by atoms with van der Waals surface area (Å²) < 4.78 is 39.2. The Labute approximate surface area is 95.3 Å². The Bertz CT molecular complexity index is 529. The van der Waals surface area contributed by atoms with Crippen molar-refractivity contribution in [3.63, 3.8) is 0 Å². The van der Waals surface area contributed by atoms with Gasteiger partial charge in [-0.25, -0.2) is 9.30 Å². The fraction of sp³-hybridized carbons (Fsp3) is 0.182. The van der Waals surface area contributed by atoms with Crippen LogP contribution in [0.1, 0.15) is 5.56 Å². The number of hydrogen-bond acceptors (Lipinski definition) is 1. The molecule has 0 atom stereocenters. The van der Waals surface area contributed by atoms with E-state index in [4.69, 9.17) is 0 Å². The largest absolute Gasteiger partial charge is 0.711 e. The molecule has 17 heavy (non-hydrogen) atoms. The number of nitrogens with zero attached hydrogens (tertiary/aromatic N) is 2. The highest BCUT2D eigenvalue weighted by atomic mass is 19.4. The molecule has 0 aliphatic rings. The van der Waals surface area contributed by atoms with Crippen molar-refractivity contribution in [2.24, 2.45) is 7.05 Å². The Hall–Kier alpha value is -1.98. The first-order valence-electron chi connectivity index (χ1n) is 4.80. The number of hydrogen-bond donors (Lipinski definition) is 0. The van der Waals surface area contributed by atoms with Crippen LogP contribution in [-0.2, 0) is 13.2 Å². The lowest BCUT2D eigenvalue weighted by Crippen LogP contribution is -2.21. The SMILES string of the molecule is Cn1c[n+]([O-])cc1-c1ccc(C(F)(F)F)cc1. The molecule has 0 radical (unpaired) electrons. The molecule has 6 heteroatoms. The summed E-state index contributed by atoms with van der Waals surface area (Å²) in [6.07, 6.45) is -1.74. The molecule has 2 rings (SSSR count). The number of aryl methyl sites for hydroxylation is 1. The molecule has 0 spiro atoms. The van der Waals surface area contributed by atoms with Crippen molar-refractivity contribution in [2.75, 3.05) is 0 Å². The van der Waals surface area contributed by atoms with Gasteiger partial charge in [0.05, 0.1) is 12.6 Å². The maximum absolute atomic E-state index is 12.3. The smallest absolute Gasteiger partial charge is 0.416 e. The Morgan fingerprint density at radius 2 is 1.76 bits per heavy atom. The van der Waals surface area contributed by atoms with E-state index in [2.05, 4.69) is 0 Å². The van der Waals surface area contributed by atoms with Crippen LogP contribution in [-0.4, -0.2) is 4.57 Å². The summed E-state index contributed by atoms with van der Waals surface area (Å²) in [6, 6.07) is 4.69. The number of imidazole rings is 1. The van der Waals surface area contributed by atoms with Gasteiger partial charge in [0.1, 0.15) is 6.20 Å². The first-order chi connectivity index (χ1) is 7.88. The van der Waals surface area contributed by atoms with Crippen LogP contribution in [0.25, 0.3) is 11.3 Å². The maximum Gasteiger partial charge on any atom is 0.416 e. The van der Waals surface area contributed by atoms with E-state index >= 15 is 0 Å². The standard InChI is InChI=1S/C11H9F3N2O/c1-15-7-16(17)6-10(15)8-2-4-9(5-3-8)11(12,13)14/h2-7H,1H3. The molecule has 1 aromatic carbocycles. The van der Waals surface area contributed by atoms with E-state index < -0.39 is 11.7 Å². The molecule has 0 aliphatic heterocycles. The van der Waals surface area contributed by atoms with Gasteiger partial charge < -0.3 is 5.21 Å². The lowest BCUT2D eigenvalue weighted by Gasteiger charge is -2.06. The molecule has 0 N–H and O–H groups in total. The van der Waals surface area contributed by atoms with Gasteiger partial charge in [0.15, 0.2) is 5.69 Å². The Morgan fingerprint density at radius 3 is 2.18 bits per heavy atom. The van der Waals surface area contributed by atoms with Gasteiger partial charge in [-0.3, -0.25) is 0 Å². The van der Waals surface area contributed by atoms with Crippen LogP contribution in [0.5, 0.6) is 0 Å². The molecule has 90 valence electrons. The third-order valence-electron chi connectivity index (χ3n) is 2.42. The van der Waals surface area contributed by atoms with Crippen LogP contribution in [0.2, 0.25) is 0 Å². The van der Waals surface area contributed by atoms with Crippen LogP contribution >= 0.6 is 0 Å². The molecule has 0 saturated heterocycles. The summed E-state index contributed by atoms with van der Waals surface area (Å²) in [7, 11) is 1.65. The number of aromatic nitrogens is 2. The Morgan fingerprint density at radius 1 is 1.18 bits per heavy atom. The molecular formula is C11H9F3N2O. The van der Waals surface area contributed by atoms with Gasteiger partial charge in [0.2, 0.25) is 6.33 Å². The lowest BCUT2D eigenvalue weighted by molar-refractivity contribution is -0.604. The van der Waals surface area contributed by atoms with Crippen molar-refractivity contribution in [1.82, 2.24) is 4.57 Å². The van der Waals surface area contributed by atoms with Crippen molar-refractivity contribution >= 4 is 0 Å². The fourth-order valence-corrected chi connectivity index (χ4v) is 1.59. The van der Waals surface area contributed by atoms with Crippen LogP contribution in [0.3, 0.4) is 0 Å². The lowest BCUT2D eigenvalue weighted by atomic mass is 10.1. The van der Waals surface area contributed by atoms with Gasteiger partial charge in [-0.2, -0.15) is 13.2 Å². The molecule has 0 aliphatic carbocycles. The zero-order valence-electron chi connectivity index (χ0n) is 8.90. The maximum atomic E-state index is 12.3. The molecule has 3 nitrogen and oxygen atoms in total. The zero-order chi connectivity index (χ0) is 12.6. The van der Waals surface area contributed by atoms with Crippen molar-refractivity contribution in [1.29, 1.82) is 0 Å². The summed E-state index contributed by atoms with van der Waals surface area (Å²) in [6.45, 7) is 0. The Balaban J connectivity index is 2.39. The average Bonchev–Trinajstić information content (AvgIpc) is 2.57. The fourth-order valence-electron chi connectivity index (χ4n) is 1.59. The number of benzene rings is 1. The average molecular weight is 242 g/mol. The van der Waals surface area contributed by atoms with Crippen molar-refractivity contribution in [3.8, 4) is 11.3 Å². The van der Waals surface area contributed by atoms with Crippen LogP contribution < -0.4 is 4.73 Å². The van der Waals surface area contributed by atoms with Gasteiger partial charge in [0, 0.05) is 5.56 Å². The zero-order valence-corrected chi connectivity index (χ0v) is 8.90. The number of halogens is 3. The van der Waals surface area contributed by atoms with Crippen molar-refractivity contribution in [3.05, 3.63) is 47.6 Å². The summed E-state index contributed by atoms with van der Waals surface area (Å²) in [5.74, 6) is 0. The van der Waals surface area contributed by atoms with Crippen molar-refractivity contribution in [2.45, 2.75) is 6.18 Å². The predicted octanol–water partition coefficient (Wildman–Crippen LogP) is 2.34. The molecule has 0 fully saturated rings. The highest BCUT2D eigenvalue weighted by Gasteiger charge is 2.30. The second-order valence-corrected chi connectivity index (χ2v) is 3.68. The second-order valence-electron chi connectivity index (χ2n) is 3.68. The first-order valence-corrected chi connectivity index (χ1v) is 4.80. The summed E-state index contributed by atoms with van der Waals surface area (Å²) in [5.41, 5.74) is 0.425. The van der Waals surface area contributed by atoms with E-state index in [1.165, 1.54) is 24.7 Å². The van der Waals surface area contributed by atoms with Crippen LogP contribution in [0, 0.1) is 5.21 Å². The summed E-state index contributed by atoms with van der Waals surface area (Å²) in [5, 5.41) is 11.0. The first kappa shape index (κ1) is 11.5. The molecule has 2 aromatic rings. The van der Waals surface area contributed by atoms with E-state index in [0.29, 0.717) is 16.0 Å². The molecule has 0 unspecified atom stereocenters. The monoisotopic (exact) mass is 242 g/mol. The van der Waals surface area contributed by atoms with E-state index in [1.807, 2.05) is 0 Å². The topological polar surface area (TPSA) is 31.9 Å². The van der Waals surface area contributed by atoms with Gasteiger partial charge in [0.25, 0.3) is 0 Å². The molecule has 1 heterocycles. The quantitative estimate of drug-likeness (QED) is 0.558. The molecule has 0 amide bonds. The van der Waals surface area contributed by atoms with Gasteiger partial charge in [-0.1, -0.05) is 0 Å². The highest BCUT2D eigenvalue weighted by Crippen LogP contribution is 2.30. The predicted molar refractivity (Wildman–Crippen MR) is 54.8 cm³/mol. The molecule has 1 aromatic heterocycles. The minimum absolute atomic E-state index is 0.564. The molecule has 0 bridgehead atoms. The minimum Gasteiger partial charge on any atom is -0.711 e. The second kappa shape index (κ2) is 3.80. The van der Waals surface area contributed by atoms with E-state index in [1.54, 1.807) is 11.6 Å². The van der Waals surface area contributed by atoms with Gasteiger partial charge >= 0.3 is 6.18 Å². The van der Waals surface area contributed by atoms with E-state index in [-0.39, 0.29) is 0 Å². The summed E-state index contributed by atoms with van der Waals surface area (Å²) in [4.78, 5) is 0. The van der Waals surface area contributed by atoms with Crippen LogP contribution in [0.4, 0.5) is 13.2 Å². The van der Waals surface area contributed by atoms with E-state index in [9.17, 15) is 18.4 Å². The normalized spacial score (nSPS) is 11.8. The third-order valence-corrected chi connectivity index (χ3v) is 2.42. The molecular weight excluding hydrogens is 233 g/mol. The summed E-state index contributed by atoms with van der Waals surface area (Å²) >= 11 is 0. The Kier molecular flexibility index (Phi) is 2.57. The van der Waals surface area contributed by atoms with Crippen LogP contribution in [0.15, 0.2) is 36.8 Å².